The molecule has 1 aliphatic heterocycles. The number of carboxylic acid groups (broad SMARTS) is 2. The first kappa shape index (κ1) is 14.5. The van der Waals surface area contributed by atoms with Crippen LogP contribution in [0.25, 0.3) is 0 Å². The molecule has 1 aromatic rings. The minimum atomic E-state index is -0.952. The summed E-state index contributed by atoms with van der Waals surface area (Å²) < 4.78 is 0. The fourth-order valence-corrected chi connectivity index (χ4v) is 2.63. The number of aliphatic carboxylic acids is 1. The van der Waals surface area contributed by atoms with Gasteiger partial charge in [-0.2, -0.15) is 0 Å². The number of fused-ring (bicyclic) bond motifs is 1. The molecule has 5 heteroatoms. The van der Waals surface area contributed by atoms with E-state index in [0.29, 0.717) is 19.5 Å². The molecule has 0 fully saturated rings. The van der Waals surface area contributed by atoms with Crippen LogP contribution >= 0.6 is 0 Å². The summed E-state index contributed by atoms with van der Waals surface area (Å²) in [5.41, 5.74) is 2.21. The fourth-order valence-electron chi connectivity index (χ4n) is 2.63. The van der Waals surface area contributed by atoms with Crippen LogP contribution in [0.4, 0.5) is 0 Å². The Morgan fingerprint density at radius 3 is 2.55 bits per heavy atom. The quantitative estimate of drug-likeness (QED) is 0.834. The maximum Gasteiger partial charge on any atom is 0.335 e. The van der Waals surface area contributed by atoms with Crippen molar-refractivity contribution in [3.8, 4) is 0 Å². The average Bonchev–Trinajstić information content (AvgIpc) is 2.80. The molecule has 0 aliphatic carbocycles. The molecule has 0 saturated carbocycles. The van der Waals surface area contributed by atoms with E-state index in [-0.39, 0.29) is 5.56 Å². The van der Waals surface area contributed by atoms with Gasteiger partial charge in [0.25, 0.3) is 0 Å². The van der Waals surface area contributed by atoms with Gasteiger partial charge in [0.1, 0.15) is 6.04 Å². The molecule has 0 saturated heterocycles. The highest BCUT2D eigenvalue weighted by atomic mass is 16.4. The summed E-state index contributed by atoms with van der Waals surface area (Å²) in [5, 5.41) is 18.3. The van der Waals surface area contributed by atoms with Crippen LogP contribution in [-0.2, 0) is 17.9 Å². The SMILES string of the molecule is CCCCC(C(=O)O)N1Cc2ccc(C(=O)O)cc2C1. The molecule has 1 atom stereocenters. The van der Waals surface area contributed by atoms with E-state index in [2.05, 4.69) is 0 Å². The molecular formula is C15H19NO4. The zero-order chi connectivity index (χ0) is 14.7. The monoisotopic (exact) mass is 277 g/mol. The lowest BCUT2D eigenvalue weighted by molar-refractivity contribution is -0.143. The molecule has 5 nitrogen and oxygen atoms in total. The summed E-state index contributed by atoms with van der Waals surface area (Å²) in [6, 6.07) is 4.52. The Hall–Kier alpha value is -1.88. The third-order valence-corrected chi connectivity index (χ3v) is 3.76. The van der Waals surface area contributed by atoms with Crippen LogP contribution in [0.15, 0.2) is 18.2 Å². The summed E-state index contributed by atoms with van der Waals surface area (Å²) in [4.78, 5) is 24.3. The van der Waals surface area contributed by atoms with Crippen molar-refractivity contribution in [2.24, 2.45) is 0 Å². The number of aromatic carboxylic acids is 1. The Morgan fingerprint density at radius 1 is 1.25 bits per heavy atom. The van der Waals surface area contributed by atoms with E-state index in [1.807, 2.05) is 11.8 Å². The van der Waals surface area contributed by atoms with Crippen LogP contribution in [0.5, 0.6) is 0 Å². The summed E-state index contributed by atoms with van der Waals surface area (Å²) >= 11 is 0. The maximum atomic E-state index is 11.4. The molecule has 0 spiro atoms. The minimum absolute atomic E-state index is 0.256. The van der Waals surface area contributed by atoms with Gasteiger partial charge in [0.05, 0.1) is 5.56 Å². The lowest BCUT2D eigenvalue weighted by Gasteiger charge is -2.23. The summed E-state index contributed by atoms with van der Waals surface area (Å²) in [6.07, 6.45) is 2.48. The lowest BCUT2D eigenvalue weighted by atomic mass is 10.1. The van der Waals surface area contributed by atoms with Crippen LogP contribution in [0, 0.1) is 0 Å². The van der Waals surface area contributed by atoms with Crippen molar-refractivity contribution in [3.63, 3.8) is 0 Å². The molecule has 1 unspecified atom stereocenters. The number of unbranched alkanes of at least 4 members (excludes halogenated alkanes) is 1. The van der Waals surface area contributed by atoms with Crippen LogP contribution in [0.1, 0.15) is 47.7 Å². The van der Waals surface area contributed by atoms with Crippen LogP contribution < -0.4 is 0 Å². The van der Waals surface area contributed by atoms with Crippen molar-refractivity contribution >= 4 is 11.9 Å². The highest BCUT2D eigenvalue weighted by Gasteiger charge is 2.30. The van der Waals surface area contributed by atoms with Crippen molar-refractivity contribution in [1.82, 2.24) is 4.90 Å². The highest BCUT2D eigenvalue weighted by molar-refractivity contribution is 5.88. The van der Waals surface area contributed by atoms with Crippen molar-refractivity contribution in [2.75, 3.05) is 0 Å². The topological polar surface area (TPSA) is 77.8 Å². The molecular weight excluding hydrogens is 258 g/mol. The van der Waals surface area contributed by atoms with Crippen molar-refractivity contribution in [2.45, 2.75) is 45.3 Å². The summed E-state index contributed by atoms with van der Waals surface area (Å²) in [6.45, 7) is 3.13. The van der Waals surface area contributed by atoms with Gasteiger partial charge >= 0.3 is 11.9 Å². The Labute approximate surface area is 117 Å². The van der Waals surface area contributed by atoms with Gasteiger partial charge in [0.15, 0.2) is 0 Å². The van der Waals surface area contributed by atoms with Gasteiger partial charge in [-0.05, 0) is 29.7 Å². The van der Waals surface area contributed by atoms with Crippen molar-refractivity contribution in [1.29, 1.82) is 0 Å². The third-order valence-electron chi connectivity index (χ3n) is 3.76. The summed E-state index contributed by atoms with van der Waals surface area (Å²) in [5.74, 6) is -1.75. The van der Waals surface area contributed by atoms with Crippen LogP contribution in [0.2, 0.25) is 0 Å². The largest absolute Gasteiger partial charge is 0.480 e. The molecule has 0 aromatic heterocycles. The Kier molecular flexibility index (Phi) is 4.39. The van der Waals surface area contributed by atoms with Crippen LogP contribution in [0.3, 0.4) is 0 Å². The molecule has 1 heterocycles. The minimum Gasteiger partial charge on any atom is -0.480 e. The predicted molar refractivity (Wildman–Crippen MR) is 73.6 cm³/mol. The summed E-state index contributed by atoms with van der Waals surface area (Å²) in [7, 11) is 0. The van der Waals surface area contributed by atoms with Gasteiger partial charge < -0.3 is 10.2 Å². The standard InChI is InChI=1S/C15H19NO4/c1-2-3-4-13(15(19)20)16-8-11-6-5-10(14(17)18)7-12(11)9-16/h5-7,13H,2-4,8-9H2,1H3,(H,17,18)(H,19,20). The predicted octanol–water partition coefficient (Wildman–Crippen LogP) is 2.34. The van der Waals surface area contributed by atoms with E-state index < -0.39 is 18.0 Å². The number of hydrogen-bond donors (Lipinski definition) is 2. The second-order valence-corrected chi connectivity index (χ2v) is 5.19. The second kappa shape index (κ2) is 6.05. The second-order valence-electron chi connectivity index (χ2n) is 5.19. The molecule has 108 valence electrons. The van der Waals surface area contributed by atoms with Crippen molar-refractivity contribution < 1.29 is 19.8 Å². The number of benzene rings is 1. The normalized spacial score (nSPS) is 15.8. The van der Waals surface area contributed by atoms with E-state index in [9.17, 15) is 14.7 Å². The van der Waals surface area contributed by atoms with E-state index >= 15 is 0 Å². The lowest BCUT2D eigenvalue weighted by Crippen LogP contribution is -2.37. The van der Waals surface area contributed by atoms with E-state index in [4.69, 9.17) is 5.11 Å². The molecule has 1 aliphatic rings. The highest BCUT2D eigenvalue weighted by Crippen LogP contribution is 2.27. The average molecular weight is 277 g/mol. The Morgan fingerprint density at radius 2 is 1.95 bits per heavy atom. The molecule has 0 radical (unpaired) electrons. The van der Waals surface area contributed by atoms with Gasteiger partial charge in [-0.3, -0.25) is 9.69 Å². The first-order valence-electron chi connectivity index (χ1n) is 6.85. The smallest absolute Gasteiger partial charge is 0.335 e. The van der Waals surface area contributed by atoms with Gasteiger partial charge in [-0.15, -0.1) is 0 Å². The molecule has 2 N–H and O–H groups in total. The van der Waals surface area contributed by atoms with Gasteiger partial charge in [0, 0.05) is 13.1 Å². The number of hydrogen-bond acceptors (Lipinski definition) is 3. The first-order chi connectivity index (χ1) is 9.52. The fraction of sp³-hybridized carbons (Fsp3) is 0.467. The zero-order valence-corrected chi connectivity index (χ0v) is 11.5. The Balaban J connectivity index is 2.14. The van der Waals surface area contributed by atoms with E-state index in [0.717, 1.165) is 24.0 Å². The number of rotatable bonds is 6. The zero-order valence-electron chi connectivity index (χ0n) is 11.5. The molecule has 2 rings (SSSR count). The van der Waals surface area contributed by atoms with E-state index in [1.54, 1.807) is 18.2 Å². The number of nitrogens with zero attached hydrogens (tertiary/aromatic N) is 1. The van der Waals surface area contributed by atoms with Crippen molar-refractivity contribution in [3.05, 3.63) is 34.9 Å². The molecule has 0 bridgehead atoms. The molecule has 20 heavy (non-hydrogen) atoms. The van der Waals surface area contributed by atoms with Gasteiger partial charge in [-0.1, -0.05) is 25.8 Å². The first-order valence-corrected chi connectivity index (χ1v) is 6.85. The Bertz CT molecular complexity index is 527. The van der Waals surface area contributed by atoms with Crippen LogP contribution in [-0.4, -0.2) is 33.1 Å². The van der Waals surface area contributed by atoms with E-state index in [1.165, 1.54) is 0 Å². The maximum absolute atomic E-state index is 11.4. The number of carboxylic acids is 2. The number of carbonyl (C=O) groups is 2. The molecule has 0 amide bonds. The molecule has 1 aromatic carbocycles. The van der Waals surface area contributed by atoms with Gasteiger partial charge in [0.2, 0.25) is 0 Å². The third kappa shape index (κ3) is 2.99. The van der Waals surface area contributed by atoms with Gasteiger partial charge in [-0.25, -0.2) is 4.79 Å².